The molecule has 1 heterocycles. The Labute approximate surface area is 90.4 Å². The summed E-state index contributed by atoms with van der Waals surface area (Å²) < 4.78 is 0. The summed E-state index contributed by atoms with van der Waals surface area (Å²) >= 11 is 0. The zero-order chi connectivity index (χ0) is 10.3. The molecule has 0 aliphatic carbocycles. The van der Waals surface area contributed by atoms with Gasteiger partial charge in [0.25, 0.3) is 0 Å². The fraction of sp³-hybridized carbons (Fsp3) is 0.308. The number of imidazole rings is 1. The number of benzene rings is 1. The van der Waals surface area contributed by atoms with Gasteiger partial charge in [-0.3, -0.25) is 0 Å². The molecular weight excluding hydrogens is 184 g/mol. The van der Waals surface area contributed by atoms with Crippen LogP contribution >= 0.6 is 0 Å². The number of rotatable bonds is 5. The van der Waals surface area contributed by atoms with E-state index in [0.29, 0.717) is 0 Å². The van der Waals surface area contributed by atoms with Crippen LogP contribution in [0.1, 0.15) is 24.2 Å². The van der Waals surface area contributed by atoms with E-state index < -0.39 is 0 Å². The van der Waals surface area contributed by atoms with Crippen molar-refractivity contribution in [2.75, 3.05) is 0 Å². The molecule has 0 spiro atoms. The molecule has 0 fully saturated rings. The highest BCUT2D eigenvalue weighted by atomic mass is 14.9. The first-order chi connectivity index (χ1) is 7.45. The monoisotopic (exact) mass is 200 g/mol. The molecular formula is C13H16N2. The van der Waals surface area contributed by atoms with Gasteiger partial charge in [-0.1, -0.05) is 30.3 Å². The summed E-state index contributed by atoms with van der Waals surface area (Å²) in [5.41, 5.74) is 1.43. The zero-order valence-electron chi connectivity index (χ0n) is 8.82. The third-order valence-corrected chi connectivity index (χ3v) is 2.53. The molecule has 1 aromatic heterocycles. The lowest BCUT2D eigenvalue weighted by Gasteiger charge is -2.00. The molecule has 78 valence electrons. The highest BCUT2D eigenvalue weighted by Gasteiger charge is 1.95. The molecule has 15 heavy (non-hydrogen) atoms. The molecule has 0 unspecified atom stereocenters. The Hall–Kier alpha value is -1.57. The smallest absolute Gasteiger partial charge is 0.105 e. The van der Waals surface area contributed by atoms with E-state index in [2.05, 4.69) is 40.3 Å². The molecule has 2 nitrogen and oxygen atoms in total. The van der Waals surface area contributed by atoms with E-state index in [1.54, 1.807) is 0 Å². The molecule has 1 N–H and O–H groups in total. The maximum atomic E-state index is 4.21. The van der Waals surface area contributed by atoms with Crippen molar-refractivity contribution in [3.63, 3.8) is 0 Å². The topological polar surface area (TPSA) is 28.7 Å². The molecule has 0 aliphatic rings. The van der Waals surface area contributed by atoms with Gasteiger partial charge in [0.05, 0.1) is 0 Å². The second kappa shape index (κ2) is 5.35. The average Bonchev–Trinajstić information content (AvgIpc) is 2.79. The van der Waals surface area contributed by atoms with Crippen LogP contribution < -0.4 is 0 Å². The third-order valence-electron chi connectivity index (χ3n) is 2.53. The number of aromatic nitrogens is 2. The van der Waals surface area contributed by atoms with E-state index in [9.17, 15) is 0 Å². The van der Waals surface area contributed by atoms with E-state index in [1.165, 1.54) is 24.8 Å². The number of hydrogen-bond acceptors (Lipinski definition) is 1. The summed E-state index contributed by atoms with van der Waals surface area (Å²) in [6.07, 6.45) is 8.34. The van der Waals surface area contributed by atoms with Gasteiger partial charge in [0, 0.05) is 18.8 Å². The standard InChI is InChI=1S/C13H16N2/c1-2-6-12(7-3-1)8-4-5-9-13-14-10-11-15-13/h1-3,6-7,10-11H,4-5,8-9H2,(H,14,15). The molecule has 2 heteroatoms. The van der Waals surface area contributed by atoms with Crippen molar-refractivity contribution in [2.24, 2.45) is 0 Å². The number of nitrogens with zero attached hydrogens (tertiary/aromatic N) is 1. The maximum absolute atomic E-state index is 4.21. The number of nitrogens with one attached hydrogen (secondary N) is 1. The van der Waals surface area contributed by atoms with Crippen LogP contribution in [-0.4, -0.2) is 9.97 Å². The summed E-state index contributed by atoms with van der Waals surface area (Å²) in [4.78, 5) is 7.33. The van der Waals surface area contributed by atoms with Crippen molar-refractivity contribution < 1.29 is 0 Å². The van der Waals surface area contributed by atoms with Crippen LogP contribution in [-0.2, 0) is 12.8 Å². The summed E-state index contributed by atoms with van der Waals surface area (Å²) in [6.45, 7) is 0. The Kier molecular flexibility index (Phi) is 3.55. The van der Waals surface area contributed by atoms with Gasteiger partial charge in [-0.25, -0.2) is 4.98 Å². The van der Waals surface area contributed by atoms with E-state index >= 15 is 0 Å². The minimum atomic E-state index is 1.06. The lowest BCUT2D eigenvalue weighted by molar-refractivity contribution is 0.713. The van der Waals surface area contributed by atoms with Crippen LogP contribution in [0, 0.1) is 0 Å². The molecule has 2 rings (SSSR count). The summed E-state index contributed by atoms with van der Waals surface area (Å²) in [7, 11) is 0. The predicted molar refractivity (Wildman–Crippen MR) is 61.7 cm³/mol. The van der Waals surface area contributed by atoms with Gasteiger partial charge in [-0.2, -0.15) is 0 Å². The highest BCUT2D eigenvalue weighted by molar-refractivity contribution is 5.14. The Morgan fingerprint density at radius 2 is 1.80 bits per heavy atom. The highest BCUT2D eigenvalue weighted by Crippen LogP contribution is 2.06. The second-order valence-electron chi connectivity index (χ2n) is 3.73. The molecule has 0 saturated heterocycles. The quantitative estimate of drug-likeness (QED) is 0.738. The van der Waals surface area contributed by atoms with Gasteiger partial charge in [0.1, 0.15) is 5.82 Å². The molecule has 0 atom stereocenters. The zero-order valence-corrected chi connectivity index (χ0v) is 8.82. The van der Waals surface area contributed by atoms with Gasteiger partial charge in [-0.05, 0) is 24.8 Å². The molecule has 0 saturated carbocycles. The van der Waals surface area contributed by atoms with Gasteiger partial charge in [0.2, 0.25) is 0 Å². The predicted octanol–water partition coefficient (Wildman–Crippen LogP) is 2.98. The van der Waals surface area contributed by atoms with Crippen LogP contribution in [0.2, 0.25) is 0 Å². The SMILES string of the molecule is c1ccc(CCCCc2ncc[nH]2)cc1. The molecule has 2 aromatic rings. The normalized spacial score (nSPS) is 10.4. The number of H-pyrrole nitrogens is 1. The average molecular weight is 200 g/mol. The molecule has 0 radical (unpaired) electrons. The molecule has 0 amide bonds. The summed E-state index contributed by atoms with van der Waals surface area (Å²) in [5.74, 6) is 1.10. The largest absolute Gasteiger partial charge is 0.349 e. The Morgan fingerprint density at radius 3 is 2.53 bits per heavy atom. The number of aryl methyl sites for hydroxylation is 2. The number of unbranched alkanes of at least 4 members (excludes halogenated alkanes) is 1. The fourth-order valence-electron chi connectivity index (χ4n) is 1.70. The van der Waals surface area contributed by atoms with Gasteiger partial charge in [-0.15, -0.1) is 0 Å². The molecule has 0 bridgehead atoms. The van der Waals surface area contributed by atoms with Crippen molar-refractivity contribution >= 4 is 0 Å². The van der Waals surface area contributed by atoms with Crippen LogP contribution in [0.4, 0.5) is 0 Å². The second-order valence-corrected chi connectivity index (χ2v) is 3.73. The van der Waals surface area contributed by atoms with Gasteiger partial charge >= 0.3 is 0 Å². The van der Waals surface area contributed by atoms with Crippen molar-refractivity contribution in [3.05, 3.63) is 54.1 Å². The van der Waals surface area contributed by atoms with Crippen LogP contribution in [0.3, 0.4) is 0 Å². The lowest BCUT2D eigenvalue weighted by atomic mass is 10.1. The maximum Gasteiger partial charge on any atom is 0.105 e. The minimum Gasteiger partial charge on any atom is -0.349 e. The Morgan fingerprint density at radius 1 is 1.00 bits per heavy atom. The first kappa shape index (κ1) is 9.97. The minimum absolute atomic E-state index is 1.06. The van der Waals surface area contributed by atoms with E-state index in [-0.39, 0.29) is 0 Å². The van der Waals surface area contributed by atoms with E-state index in [1.807, 2.05) is 12.4 Å². The van der Waals surface area contributed by atoms with Gasteiger partial charge < -0.3 is 4.98 Å². The van der Waals surface area contributed by atoms with Crippen LogP contribution in [0.5, 0.6) is 0 Å². The summed E-state index contributed by atoms with van der Waals surface area (Å²) in [5, 5.41) is 0. The van der Waals surface area contributed by atoms with E-state index in [4.69, 9.17) is 0 Å². The first-order valence-corrected chi connectivity index (χ1v) is 5.47. The third kappa shape index (κ3) is 3.24. The van der Waals surface area contributed by atoms with Crippen LogP contribution in [0.15, 0.2) is 42.7 Å². The molecule has 0 aliphatic heterocycles. The number of aromatic amines is 1. The van der Waals surface area contributed by atoms with Crippen molar-refractivity contribution in [1.82, 2.24) is 9.97 Å². The Bertz CT molecular complexity index is 365. The summed E-state index contributed by atoms with van der Waals surface area (Å²) in [6, 6.07) is 10.6. The van der Waals surface area contributed by atoms with Gasteiger partial charge in [0.15, 0.2) is 0 Å². The Balaban J connectivity index is 1.68. The molecule has 1 aromatic carbocycles. The van der Waals surface area contributed by atoms with Crippen LogP contribution in [0.25, 0.3) is 0 Å². The van der Waals surface area contributed by atoms with Crippen molar-refractivity contribution in [3.8, 4) is 0 Å². The fourth-order valence-corrected chi connectivity index (χ4v) is 1.70. The van der Waals surface area contributed by atoms with Crippen molar-refractivity contribution in [1.29, 1.82) is 0 Å². The van der Waals surface area contributed by atoms with Crippen molar-refractivity contribution in [2.45, 2.75) is 25.7 Å². The number of hydrogen-bond donors (Lipinski definition) is 1. The lowest BCUT2D eigenvalue weighted by Crippen LogP contribution is -1.90. The first-order valence-electron chi connectivity index (χ1n) is 5.47. The van der Waals surface area contributed by atoms with E-state index in [0.717, 1.165) is 12.2 Å².